The van der Waals surface area contributed by atoms with E-state index in [4.69, 9.17) is 9.15 Å². The minimum absolute atomic E-state index is 0.0551. The molecular weight excluding hydrogens is 356 g/mol. The molecule has 1 atom stereocenters. The standard InChI is InChI=1S/C22H26N2O4/c1-16-20(9-10-27-16)22(26)24-13-19(28-15-18-7-8-18)12-23(21(25)14-24)11-17-5-3-2-4-6-17/h2-6,9-10,18-19H,7-8,11-15H2,1H3. The van der Waals surface area contributed by atoms with Crippen molar-refractivity contribution < 1.29 is 18.7 Å². The molecule has 1 saturated heterocycles. The molecule has 1 aliphatic carbocycles. The number of rotatable bonds is 6. The van der Waals surface area contributed by atoms with Crippen LogP contribution in [0.3, 0.4) is 0 Å². The number of carbonyl (C=O) groups is 2. The van der Waals surface area contributed by atoms with Gasteiger partial charge in [0.15, 0.2) is 0 Å². The highest BCUT2D eigenvalue weighted by Gasteiger charge is 2.33. The molecule has 1 aromatic carbocycles. The van der Waals surface area contributed by atoms with E-state index < -0.39 is 0 Å². The highest BCUT2D eigenvalue weighted by Crippen LogP contribution is 2.29. The van der Waals surface area contributed by atoms with E-state index in [0.29, 0.717) is 43.5 Å². The van der Waals surface area contributed by atoms with Crippen LogP contribution in [0.2, 0.25) is 0 Å². The van der Waals surface area contributed by atoms with Gasteiger partial charge in [-0.05, 0) is 37.3 Å². The van der Waals surface area contributed by atoms with Crippen molar-refractivity contribution in [2.45, 2.75) is 32.4 Å². The van der Waals surface area contributed by atoms with E-state index in [0.717, 1.165) is 5.56 Å². The Hall–Kier alpha value is -2.60. The Morgan fingerprint density at radius 1 is 1.18 bits per heavy atom. The molecule has 28 heavy (non-hydrogen) atoms. The monoisotopic (exact) mass is 382 g/mol. The summed E-state index contributed by atoms with van der Waals surface area (Å²) in [5.74, 6) is 0.956. The van der Waals surface area contributed by atoms with Crippen molar-refractivity contribution in [2.24, 2.45) is 5.92 Å². The molecule has 2 amide bonds. The number of benzene rings is 1. The van der Waals surface area contributed by atoms with Crippen LogP contribution >= 0.6 is 0 Å². The van der Waals surface area contributed by atoms with Crippen LogP contribution in [0.25, 0.3) is 0 Å². The smallest absolute Gasteiger partial charge is 0.257 e. The summed E-state index contributed by atoms with van der Waals surface area (Å²) in [4.78, 5) is 29.3. The normalized spacial score (nSPS) is 20.3. The summed E-state index contributed by atoms with van der Waals surface area (Å²) < 4.78 is 11.4. The lowest BCUT2D eigenvalue weighted by Crippen LogP contribution is -2.39. The summed E-state index contributed by atoms with van der Waals surface area (Å²) in [6.07, 6.45) is 3.73. The predicted octanol–water partition coefficient (Wildman–Crippen LogP) is 2.87. The van der Waals surface area contributed by atoms with Gasteiger partial charge < -0.3 is 19.0 Å². The van der Waals surface area contributed by atoms with E-state index in [9.17, 15) is 9.59 Å². The summed E-state index contributed by atoms with van der Waals surface area (Å²) >= 11 is 0. The molecule has 2 fully saturated rings. The highest BCUT2D eigenvalue weighted by molar-refractivity contribution is 5.97. The van der Waals surface area contributed by atoms with Gasteiger partial charge in [-0.2, -0.15) is 0 Å². The lowest BCUT2D eigenvalue weighted by molar-refractivity contribution is -0.132. The second-order valence-corrected chi connectivity index (χ2v) is 7.73. The molecule has 6 heteroatoms. The molecule has 1 saturated carbocycles. The Labute approximate surface area is 165 Å². The van der Waals surface area contributed by atoms with Gasteiger partial charge in [0.2, 0.25) is 5.91 Å². The Balaban J connectivity index is 1.51. The van der Waals surface area contributed by atoms with Gasteiger partial charge in [-0.1, -0.05) is 30.3 Å². The van der Waals surface area contributed by atoms with E-state index in [1.165, 1.54) is 19.1 Å². The zero-order valence-corrected chi connectivity index (χ0v) is 16.2. The quantitative estimate of drug-likeness (QED) is 0.771. The molecule has 1 aliphatic heterocycles. The van der Waals surface area contributed by atoms with Crippen LogP contribution in [-0.4, -0.2) is 54.0 Å². The molecule has 4 rings (SSSR count). The SMILES string of the molecule is Cc1occc1C(=O)N1CC(=O)N(Cc2ccccc2)CC(OCC2CC2)C1. The number of amides is 2. The topological polar surface area (TPSA) is 63.0 Å². The first-order valence-corrected chi connectivity index (χ1v) is 9.87. The zero-order chi connectivity index (χ0) is 19.5. The number of hydrogen-bond donors (Lipinski definition) is 0. The van der Waals surface area contributed by atoms with Gasteiger partial charge in [-0.15, -0.1) is 0 Å². The predicted molar refractivity (Wildman–Crippen MR) is 104 cm³/mol. The third kappa shape index (κ3) is 4.44. The molecule has 2 heterocycles. The highest BCUT2D eigenvalue weighted by atomic mass is 16.5. The Bertz CT molecular complexity index is 828. The van der Waals surface area contributed by atoms with E-state index in [1.54, 1.807) is 17.9 Å². The number of nitrogens with zero attached hydrogens (tertiary/aromatic N) is 2. The lowest BCUT2D eigenvalue weighted by atomic mass is 10.2. The maximum absolute atomic E-state index is 13.0. The number of hydrogen-bond acceptors (Lipinski definition) is 4. The van der Waals surface area contributed by atoms with Gasteiger partial charge in [-0.25, -0.2) is 0 Å². The fourth-order valence-corrected chi connectivity index (χ4v) is 3.53. The Morgan fingerprint density at radius 3 is 2.64 bits per heavy atom. The number of carbonyl (C=O) groups excluding carboxylic acids is 2. The third-order valence-corrected chi connectivity index (χ3v) is 5.38. The van der Waals surface area contributed by atoms with Gasteiger partial charge in [0.1, 0.15) is 12.3 Å². The minimum atomic E-state index is -0.188. The molecule has 2 aromatic rings. The van der Waals surface area contributed by atoms with Gasteiger partial charge in [0.05, 0.1) is 17.9 Å². The van der Waals surface area contributed by atoms with E-state index in [2.05, 4.69) is 0 Å². The molecule has 6 nitrogen and oxygen atoms in total. The molecule has 1 aromatic heterocycles. The second kappa shape index (κ2) is 8.19. The van der Waals surface area contributed by atoms with Gasteiger partial charge >= 0.3 is 0 Å². The van der Waals surface area contributed by atoms with E-state index in [1.807, 2.05) is 35.2 Å². The van der Waals surface area contributed by atoms with Crippen LogP contribution in [0.5, 0.6) is 0 Å². The number of aryl methyl sites for hydroxylation is 1. The van der Waals surface area contributed by atoms with Crippen molar-refractivity contribution in [1.82, 2.24) is 9.80 Å². The average molecular weight is 382 g/mol. The average Bonchev–Trinajstić information content (AvgIpc) is 3.45. The molecule has 0 radical (unpaired) electrons. The largest absolute Gasteiger partial charge is 0.469 e. The molecule has 0 spiro atoms. The van der Waals surface area contributed by atoms with Crippen LogP contribution in [0, 0.1) is 12.8 Å². The number of ether oxygens (including phenoxy) is 1. The summed E-state index contributed by atoms with van der Waals surface area (Å²) in [7, 11) is 0. The van der Waals surface area contributed by atoms with Gasteiger partial charge in [0, 0.05) is 26.2 Å². The van der Waals surface area contributed by atoms with Crippen LogP contribution in [0.15, 0.2) is 47.1 Å². The van der Waals surface area contributed by atoms with E-state index >= 15 is 0 Å². The van der Waals surface area contributed by atoms with Crippen molar-refractivity contribution in [2.75, 3.05) is 26.2 Å². The van der Waals surface area contributed by atoms with Gasteiger partial charge in [-0.3, -0.25) is 9.59 Å². The van der Waals surface area contributed by atoms with Crippen molar-refractivity contribution in [3.63, 3.8) is 0 Å². The maximum Gasteiger partial charge on any atom is 0.257 e. The fourth-order valence-electron chi connectivity index (χ4n) is 3.53. The molecule has 148 valence electrons. The first-order valence-electron chi connectivity index (χ1n) is 9.87. The molecular formula is C22H26N2O4. The van der Waals surface area contributed by atoms with Crippen LogP contribution in [0.4, 0.5) is 0 Å². The molecule has 2 aliphatic rings. The molecule has 0 N–H and O–H groups in total. The summed E-state index contributed by atoms with van der Waals surface area (Å²) in [5, 5.41) is 0. The molecule has 1 unspecified atom stereocenters. The summed E-state index contributed by atoms with van der Waals surface area (Å²) in [6.45, 7) is 3.94. The minimum Gasteiger partial charge on any atom is -0.469 e. The Kier molecular flexibility index (Phi) is 5.48. The maximum atomic E-state index is 13.0. The summed E-state index contributed by atoms with van der Waals surface area (Å²) in [6, 6.07) is 11.6. The van der Waals surface area contributed by atoms with Gasteiger partial charge in [0.25, 0.3) is 5.91 Å². The zero-order valence-electron chi connectivity index (χ0n) is 16.2. The fraction of sp³-hybridized carbons (Fsp3) is 0.455. The first kappa shape index (κ1) is 18.7. The molecule has 0 bridgehead atoms. The Morgan fingerprint density at radius 2 is 1.96 bits per heavy atom. The van der Waals surface area contributed by atoms with Crippen molar-refractivity contribution in [1.29, 1.82) is 0 Å². The lowest BCUT2D eigenvalue weighted by Gasteiger charge is -2.25. The third-order valence-electron chi connectivity index (χ3n) is 5.38. The van der Waals surface area contributed by atoms with Crippen molar-refractivity contribution in [3.8, 4) is 0 Å². The van der Waals surface area contributed by atoms with Crippen LogP contribution in [0.1, 0.15) is 34.5 Å². The first-order chi connectivity index (χ1) is 13.6. The van der Waals surface area contributed by atoms with E-state index in [-0.39, 0.29) is 24.5 Å². The van der Waals surface area contributed by atoms with Crippen LogP contribution in [-0.2, 0) is 16.1 Å². The summed E-state index contributed by atoms with van der Waals surface area (Å²) in [5.41, 5.74) is 1.58. The number of furan rings is 1. The van der Waals surface area contributed by atoms with Crippen LogP contribution < -0.4 is 0 Å². The second-order valence-electron chi connectivity index (χ2n) is 7.73. The van der Waals surface area contributed by atoms with Crippen molar-refractivity contribution >= 4 is 11.8 Å². The van der Waals surface area contributed by atoms with Crippen molar-refractivity contribution in [3.05, 3.63) is 59.5 Å².